The summed E-state index contributed by atoms with van der Waals surface area (Å²) in [6.07, 6.45) is 0.0810. The third kappa shape index (κ3) is 4.28. The molecule has 3 rings (SSSR count). The van der Waals surface area contributed by atoms with Gasteiger partial charge in [0.1, 0.15) is 16.4 Å². The van der Waals surface area contributed by atoms with Gasteiger partial charge in [-0.2, -0.15) is 0 Å². The molecule has 3 aromatic rings. The van der Waals surface area contributed by atoms with Gasteiger partial charge in [0.2, 0.25) is 5.91 Å². The van der Waals surface area contributed by atoms with E-state index in [0.717, 1.165) is 22.3 Å². The summed E-state index contributed by atoms with van der Waals surface area (Å²) in [7, 11) is 1.32. The largest absolute Gasteiger partial charge is 0.465 e. The molecule has 0 saturated carbocycles. The van der Waals surface area contributed by atoms with Crippen LogP contribution in [-0.2, 0) is 16.0 Å². The zero-order valence-electron chi connectivity index (χ0n) is 15.8. The van der Waals surface area contributed by atoms with Gasteiger partial charge >= 0.3 is 5.97 Å². The van der Waals surface area contributed by atoms with E-state index in [1.54, 1.807) is 12.1 Å². The molecular weight excluding hydrogens is 377 g/mol. The van der Waals surface area contributed by atoms with Crippen LogP contribution in [0.15, 0.2) is 47.8 Å². The molecule has 0 aliphatic carbocycles. The first kappa shape index (κ1) is 19.8. The molecule has 6 heteroatoms. The van der Waals surface area contributed by atoms with Crippen molar-refractivity contribution in [2.45, 2.75) is 20.3 Å². The van der Waals surface area contributed by atoms with Gasteiger partial charge < -0.3 is 10.1 Å². The van der Waals surface area contributed by atoms with Crippen LogP contribution in [0.2, 0.25) is 0 Å². The number of carbonyl (C=O) groups is 2. The maximum atomic E-state index is 13.0. The predicted octanol–water partition coefficient (Wildman–Crippen LogP) is 5.14. The molecule has 1 aromatic heterocycles. The van der Waals surface area contributed by atoms with Crippen LogP contribution in [0.3, 0.4) is 0 Å². The van der Waals surface area contributed by atoms with Crippen molar-refractivity contribution >= 4 is 28.2 Å². The lowest BCUT2D eigenvalue weighted by Gasteiger charge is -2.10. The number of rotatable bonds is 5. The lowest BCUT2D eigenvalue weighted by Crippen LogP contribution is -2.16. The molecule has 0 unspecified atom stereocenters. The maximum absolute atomic E-state index is 13.0. The first-order valence-electron chi connectivity index (χ1n) is 8.70. The van der Waals surface area contributed by atoms with Crippen LogP contribution in [-0.4, -0.2) is 19.0 Å². The first-order valence-corrected chi connectivity index (χ1v) is 9.58. The third-order valence-corrected chi connectivity index (χ3v) is 5.29. The minimum absolute atomic E-state index is 0.0810. The average Bonchev–Trinajstić information content (AvgIpc) is 3.08. The Morgan fingerprint density at radius 3 is 2.46 bits per heavy atom. The van der Waals surface area contributed by atoms with E-state index in [9.17, 15) is 14.0 Å². The molecule has 2 aromatic carbocycles. The Balaban J connectivity index is 1.92. The highest BCUT2D eigenvalue weighted by Crippen LogP contribution is 2.38. The smallest absolute Gasteiger partial charge is 0.341 e. The number of carbonyl (C=O) groups excluding carboxylic acids is 2. The lowest BCUT2D eigenvalue weighted by atomic mass is 9.97. The normalized spacial score (nSPS) is 10.6. The molecule has 0 bridgehead atoms. The van der Waals surface area contributed by atoms with Crippen LogP contribution in [0.25, 0.3) is 11.1 Å². The van der Waals surface area contributed by atoms with Gasteiger partial charge in [0.05, 0.1) is 13.5 Å². The van der Waals surface area contributed by atoms with E-state index in [1.165, 1.54) is 30.6 Å². The number of hydrogen-bond acceptors (Lipinski definition) is 4. The van der Waals surface area contributed by atoms with Crippen molar-refractivity contribution in [2.75, 3.05) is 12.4 Å². The van der Waals surface area contributed by atoms with E-state index in [2.05, 4.69) is 5.32 Å². The Bertz CT molecular complexity index is 1020. The fraction of sp³-hybridized carbons (Fsp3) is 0.182. The number of hydrogen-bond donors (Lipinski definition) is 1. The summed E-state index contributed by atoms with van der Waals surface area (Å²) in [4.78, 5) is 24.9. The zero-order chi connectivity index (χ0) is 20.3. The number of halogens is 1. The first-order chi connectivity index (χ1) is 13.4. The van der Waals surface area contributed by atoms with Crippen molar-refractivity contribution in [2.24, 2.45) is 0 Å². The minimum Gasteiger partial charge on any atom is -0.465 e. The molecule has 0 atom stereocenters. The van der Waals surface area contributed by atoms with E-state index < -0.39 is 5.97 Å². The average molecular weight is 397 g/mol. The molecule has 0 spiro atoms. The molecule has 0 aliphatic heterocycles. The Hall–Kier alpha value is -2.99. The maximum Gasteiger partial charge on any atom is 0.341 e. The summed E-state index contributed by atoms with van der Waals surface area (Å²) in [6, 6.07) is 11.8. The minimum atomic E-state index is -0.505. The summed E-state index contributed by atoms with van der Waals surface area (Å²) in [5.74, 6) is -1.14. The molecule has 144 valence electrons. The van der Waals surface area contributed by atoms with Crippen LogP contribution < -0.4 is 5.32 Å². The van der Waals surface area contributed by atoms with Gasteiger partial charge in [-0.3, -0.25) is 4.79 Å². The van der Waals surface area contributed by atoms with E-state index in [1.807, 2.05) is 37.4 Å². The molecular formula is C22H20FNO3S. The van der Waals surface area contributed by atoms with Gasteiger partial charge in [0, 0.05) is 10.9 Å². The Morgan fingerprint density at radius 2 is 1.79 bits per heavy atom. The topological polar surface area (TPSA) is 55.4 Å². The number of aryl methyl sites for hydroxylation is 2. The molecule has 0 saturated heterocycles. The van der Waals surface area contributed by atoms with Crippen molar-refractivity contribution in [3.63, 3.8) is 0 Å². The highest BCUT2D eigenvalue weighted by molar-refractivity contribution is 7.15. The van der Waals surface area contributed by atoms with Gasteiger partial charge in [0.25, 0.3) is 0 Å². The van der Waals surface area contributed by atoms with Crippen LogP contribution in [0, 0.1) is 19.7 Å². The number of benzene rings is 2. The van der Waals surface area contributed by atoms with Gasteiger partial charge in [-0.1, -0.05) is 35.9 Å². The van der Waals surface area contributed by atoms with E-state index in [0.29, 0.717) is 16.1 Å². The van der Waals surface area contributed by atoms with Crippen molar-refractivity contribution in [3.05, 3.63) is 75.9 Å². The van der Waals surface area contributed by atoms with Crippen molar-refractivity contribution in [1.82, 2.24) is 0 Å². The van der Waals surface area contributed by atoms with Crippen LogP contribution >= 0.6 is 11.3 Å². The quantitative estimate of drug-likeness (QED) is 0.607. The summed E-state index contributed by atoms with van der Waals surface area (Å²) in [5.41, 5.74) is 4.78. The van der Waals surface area contributed by atoms with Crippen LogP contribution in [0.4, 0.5) is 9.39 Å². The van der Waals surface area contributed by atoms with Crippen molar-refractivity contribution in [3.8, 4) is 11.1 Å². The van der Waals surface area contributed by atoms with Gasteiger partial charge in [-0.05, 0) is 42.7 Å². The molecule has 1 heterocycles. The van der Waals surface area contributed by atoms with E-state index in [-0.39, 0.29) is 18.1 Å². The second-order valence-corrected chi connectivity index (χ2v) is 7.39. The summed E-state index contributed by atoms with van der Waals surface area (Å²) in [5, 5.41) is 5.09. The molecule has 28 heavy (non-hydrogen) atoms. The Morgan fingerprint density at radius 1 is 1.07 bits per heavy atom. The summed E-state index contributed by atoms with van der Waals surface area (Å²) in [6.45, 7) is 3.96. The summed E-state index contributed by atoms with van der Waals surface area (Å²) < 4.78 is 18.0. The highest BCUT2D eigenvalue weighted by Gasteiger charge is 2.23. The predicted molar refractivity (Wildman–Crippen MR) is 109 cm³/mol. The number of ether oxygens (including phenoxy) is 1. The van der Waals surface area contributed by atoms with E-state index in [4.69, 9.17) is 4.74 Å². The number of methoxy groups -OCH3 is 1. The number of nitrogens with one attached hydrogen (secondary N) is 1. The lowest BCUT2D eigenvalue weighted by molar-refractivity contribution is -0.115. The fourth-order valence-electron chi connectivity index (χ4n) is 2.94. The fourth-order valence-corrected chi connectivity index (χ4v) is 3.90. The number of thiophene rings is 1. The summed E-state index contributed by atoms with van der Waals surface area (Å²) >= 11 is 1.28. The van der Waals surface area contributed by atoms with Crippen LogP contribution in [0.1, 0.15) is 27.0 Å². The Kier molecular flexibility index (Phi) is 5.90. The second-order valence-electron chi connectivity index (χ2n) is 6.51. The SMILES string of the molecule is COC(=O)c1c(-c2cc(C)ccc2C)csc1NC(=O)Cc1ccc(F)cc1. The molecule has 0 radical (unpaired) electrons. The number of amides is 1. The van der Waals surface area contributed by atoms with Crippen molar-refractivity contribution < 1.29 is 18.7 Å². The zero-order valence-corrected chi connectivity index (χ0v) is 16.7. The van der Waals surface area contributed by atoms with Gasteiger partial charge in [0.15, 0.2) is 0 Å². The standard InChI is InChI=1S/C22H20FNO3S/c1-13-4-5-14(2)17(10-13)18-12-28-21(20(18)22(26)27-3)24-19(25)11-15-6-8-16(23)9-7-15/h4-10,12H,11H2,1-3H3,(H,24,25). The van der Waals surface area contributed by atoms with Crippen molar-refractivity contribution in [1.29, 1.82) is 0 Å². The van der Waals surface area contributed by atoms with Crippen LogP contribution in [0.5, 0.6) is 0 Å². The monoisotopic (exact) mass is 397 g/mol. The number of esters is 1. The molecule has 0 aliphatic rings. The molecule has 0 fully saturated rings. The van der Waals surface area contributed by atoms with E-state index >= 15 is 0 Å². The number of anilines is 1. The molecule has 1 N–H and O–H groups in total. The molecule has 1 amide bonds. The second kappa shape index (κ2) is 8.35. The third-order valence-electron chi connectivity index (χ3n) is 4.39. The molecule has 4 nitrogen and oxygen atoms in total. The van der Waals surface area contributed by atoms with Gasteiger partial charge in [-0.15, -0.1) is 11.3 Å². The van der Waals surface area contributed by atoms with Gasteiger partial charge in [-0.25, -0.2) is 9.18 Å². The Labute approximate surface area is 167 Å². The highest BCUT2D eigenvalue weighted by atomic mass is 32.1.